The first-order valence-electron chi connectivity index (χ1n) is 5.97. The van der Waals surface area contributed by atoms with Crippen molar-refractivity contribution in [2.24, 2.45) is 11.7 Å². The fraction of sp³-hybridized carbons (Fsp3) is 0.538. The van der Waals surface area contributed by atoms with Crippen molar-refractivity contribution in [3.8, 4) is 0 Å². The van der Waals surface area contributed by atoms with Gasteiger partial charge in [0, 0.05) is 27.8 Å². The second kappa shape index (κ2) is 6.78. The highest BCUT2D eigenvalue weighted by Crippen LogP contribution is 2.24. The van der Waals surface area contributed by atoms with E-state index in [1.807, 2.05) is 11.8 Å². The van der Waals surface area contributed by atoms with Crippen molar-refractivity contribution in [2.45, 2.75) is 23.8 Å². The second-order valence-corrected chi connectivity index (χ2v) is 6.42. The van der Waals surface area contributed by atoms with E-state index >= 15 is 0 Å². The van der Waals surface area contributed by atoms with Crippen LogP contribution >= 0.6 is 27.7 Å². The predicted octanol–water partition coefficient (Wildman–Crippen LogP) is 3.30. The lowest BCUT2D eigenvalue weighted by molar-refractivity contribution is 0.0478. The average molecular weight is 316 g/mol. The van der Waals surface area contributed by atoms with Crippen molar-refractivity contribution in [3.63, 3.8) is 0 Å². The first-order valence-corrected chi connectivity index (χ1v) is 7.75. The minimum Gasteiger partial charge on any atom is -0.381 e. The van der Waals surface area contributed by atoms with Gasteiger partial charge in [0.1, 0.15) is 0 Å². The zero-order valence-corrected chi connectivity index (χ0v) is 12.2. The van der Waals surface area contributed by atoms with E-state index in [0.717, 1.165) is 29.9 Å². The van der Waals surface area contributed by atoms with Gasteiger partial charge >= 0.3 is 0 Å². The number of ether oxygens (including phenoxy) is 1. The maximum absolute atomic E-state index is 6.22. The van der Waals surface area contributed by atoms with E-state index in [0.29, 0.717) is 5.92 Å². The Balaban J connectivity index is 1.78. The zero-order valence-electron chi connectivity index (χ0n) is 9.77. The Labute approximate surface area is 115 Å². The van der Waals surface area contributed by atoms with Crippen LogP contribution in [0.15, 0.2) is 33.6 Å². The normalized spacial score (nSPS) is 22.4. The van der Waals surface area contributed by atoms with Gasteiger partial charge in [-0.3, -0.25) is 0 Å². The Bertz CT molecular complexity index is 338. The number of hydrogen-bond donors (Lipinski definition) is 1. The molecular formula is C13H18BrNOS. The molecule has 0 saturated carbocycles. The summed E-state index contributed by atoms with van der Waals surface area (Å²) in [5.74, 6) is 1.50. The molecule has 1 aliphatic rings. The van der Waals surface area contributed by atoms with E-state index in [2.05, 4.69) is 40.2 Å². The summed E-state index contributed by atoms with van der Waals surface area (Å²) in [6.07, 6.45) is 2.36. The Morgan fingerprint density at radius 1 is 1.41 bits per heavy atom. The van der Waals surface area contributed by atoms with Crippen LogP contribution in [0.1, 0.15) is 12.8 Å². The Morgan fingerprint density at radius 3 is 2.82 bits per heavy atom. The summed E-state index contributed by atoms with van der Waals surface area (Å²) >= 11 is 5.27. The van der Waals surface area contributed by atoms with Crippen molar-refractivity contribution in [3.05, 3.63) is 28.7 Å². The minimum absolute atomic E-state index is 0.240. The van der Waals surface area contributed by atoms with Crippen LogP contribution in [0.25, 0.3) is 0 Å². The Morgan fingerprint density at radius 2 is 2.18 bits per heavy atom. The van der Waals surface area contributed by atoms with Gasteiger partial charge in [0.05, 0.1) is 6.61 Å². The summed E-state index contributed by atoms with van der Waals surface area (Å²) in [6, 6.07) is 8.62. The molecule has 0 bridgehead atoms. The number of hydrogen-bond acceptors (Lipinski definition) is 3. The van der Waals surface area contributed by atoms with Crippen LogP contribution in [0.5, 0.6) is 0 Å². The lowest BCUT2D eigenvalue weighted by Gasteiger charge is -2.27. The molecule has 0 spiro atoms. The maximum atomic E-state index is 6.22. The number of thioether (sulfide) groups is 1. The smallest absolute Gasteiger partial charge is 0.0509 e. The van der Waals surface area contributed by atoms with Crippen LogP contribution < -0.4 is 5.73 Å². The molecule has 0 radical (unpaired) electrons. The molecule has 2 N–H and O–H groups in total. The first kappa shape index (κ1) is 13.4. The number of benzene rings is 1. The summed E-state index contributed by atoms with van der Waals surface area (Å²) in [5, 5.41) is 0. The van der Waals surface area contributed by atoms with E-state index in [9.17, 15) is 0 Å². The van der Waals surface area contributed by atoms with Crippen LogP contribution in [-0.4, -0.2) is 25.0 Å². The number of halogens is 1. The van der Waals surface area contributed by atoms with Crippen LogP contribution in [0.2, 0.25) is 0 Å². The topological polar surface area (TPSA) is 35.2 Å². The predicted molar refractivity (Wildman–Crippen MR) is 76.4 cm³/mol. The van der Waals surface area contributed by atoms with Crippen molar-refractivity contribution in [2.75, 3.05) is 19.0 Å². The summed E-state index contributed by atoms with van der Waals surface area (Å²) in [6.45, 7) is 1.74. The van der Waals surface area contributed by atoms with Gasteiger partial charge in [-0.2, -0.15) is 0 Å². The molecule has 2 atom stereocenters. The lowest BCUT2D eigenvalue weighted by Crippen LogP contribution is -2.37. The van der Waals surface area contributed by atoms with Crippen molar-refractivity contribution in [1.82, 2.24) is 0 Å². The van der Waals surface area contributed by atoms with Gasteiger partial charge < -0.3 is 10.5 Å². The monoisotopic (exact) mass is 315 g/mol. The van der Waals surface area contributed by atoms with E-state index < -0.39 is 0 Å². The number of nitrogens with two attached hydrogens (primary N) is 1. The zero-order chi connectivity index (χ0) is 12.1. The average Bonchev–Trinajstić information content (AvgIpc) is 2.39. The largest absolute Gasteiger partial charge is 0.381 e. The molecule has 1 heterocycles. The van der Waals surface area contributed by atoms with E-state index in [1.165, 1.54) is 11.3 Å². The summed E-state index contributed by atoms with van der Waals surface area (Å²) in [4.78, 5) is 1.28. The Hall–Kier alpha value is -0.0300. The van der Waals surface area contributed by atoms with Crippen LogP contribution in [-0.2, 0) is 4.74 Å². The third-order valence-electron chi connectivity index (χ3n) is 3.06. The molecule has 1 saturated heterocycles. The lowest BCUT2D eigenvalue weighted by atomic mass is 9.96. The van der Waals surface area contributed by atoms with Crippen molar-refractivity contribution in [1.29, 1.82) is 0 Å². The molecule has 4 heteroatoms. The van der Waals surface area contributed by atoms with Crippen molar-refractivity contribution < 1.29 is 4.74 Å². The third kappa shape index (κ3) is 4.28. The fourth-order valence-corrected chi connectivity index (χ4v) is 3.21. The van der Waals surface area contributed by atoms with E-state index in [4.69, 9.17) is 10.5 Å². The highest BCUT2D eigenvalue weighted by atomic mass is 79.9. The van der Waals surface area contributed by atoms with Gasteiger partial charge in [-0.1, -0.05) is 15.9 Å². The summed E-state index contributed by atoms with van der Waals surface area (Å²) in [5.41, 5.74) is 6.22. The molecule has 2 rings (SSSR count). The van der Waals surface area contributed by atoms with Gasteiger partial charge in [0.25, 0.3) is 0 Å². The highest BCUT2D eigenvalue weighted by molar-refractivity contribution is 9.10. The van der Waals surface area contributed by atoms with Crippen LogP contribution in [0.4, 0.5) is 0 Å². The van der Waals surface area contributed by atoms with Gasteiger partial charge in [0.2, 0.25) is 0 Å². The van der Waals surface area contributed by atoms with E-state index in [-0.39, 0.29) is 6.04 Å². The molecule has 17 heavy (non-hydrogen) atoms. The molecule has 1 aromatic carbocycles. The molecule has 1 aromatic rings. The molecule has 2 unspecified atom stereocenters. The molecule has 2 nitrogen and oxygen atoms in total. The van der Waals surface area contributed by atoms with Crippen molar-refractivity contribution >= 4 is 27.7 Å². The summed E-state index contributed by atoms with van der Waals surface area (Å²) < 4.78 is 6.59. The molecule has 1 aliphatic heterocycles. The number of rotatable bonds is 4. The van der Waals surface area contributed by atoms with Gasteiger partial charge in [-0.05, 0) is 43.0 Å². The first-order chi connectivity index (χ1) is 8.25. The summed E-state index contributed by atoms with van der Waals surface area (Å²) in [7, 11) is 0. The maximum Gasteiger partial charge on any atom is 0.0509 e. The highest BCUT2D eigenvalue weighted by Gasteiger charge is 2.20. The van der Waals surface area contributed by atoms with E-state index in [1.54, 1.807) is 0 Å². The Kier molecular flexibility index (Phi) is 5.35. The molecule has 0 amide bonds. The molecule has 0 aliphatic carbocycles. The second-order valence-electron chi connectivity index (χ2n) is 4.41. The molecule has 94 valence electrons. The van der Waals surface area contributed by atoms with Crippen LogP contribution in [0.3, 0.4) is 0 Å². The third-order valence-corrected chi connectivity index (χ3v) is 4.74. The molecular weight excluding hydrogens is 298 g/mol. The van der Waals surface area contributed by atoms with Gasteiger partial charge in [-0.25, -0.2) is 0 Å². The quantitative estimate of drug-likeness (QED) is 0.866. The van der Waals surface area contributed by atoms with Gasteiger partial charge in [-0.15, -0.1) is 11.8 Å². The standard InChI is InChI=1S/C13H18BrNOS/c14-11-3-5-12(6-4-11)17-9-13(15)10-2-1-7-16-8-10/h3-6,10,13H,1-2,7-9,15H2. The van der Waals surface area contributed by atoms with Crippen LogP contribution in [0, 0.1) is 5.92 Å². The van der Waals surface area contributed by atoms with Gasteiger partial charge in [0.15, 0.2) is 0 Å². The SMILES string of the molecule is NC(CSc1ccc(Br)cc1)C1CCCOC1. The fourth-order valence-electron chi connectivity index (χ4n) is 1.96. The molecule has 1 fully saturated rings. The minimum atomic E-state index is 0.240. The molecule has 0 aromatic heterocycles.